The minimum atomic E-state index is 0.831. The summed E-state index contributed by atoms with van der Waals surface area (Å²) in [4.78, 5) is 13.8. The first-order valence-electron chi connectivity index (χ1n) is 13.5. The largest absolute Gasteiger partial charge is 0.455 e. The molecule has 0 aliphatic rings. The van der Waals surface area contributed by atoms with E-state index in [0.717, 1.165) is 77.5 Å². The molecule has 0 amide bonds. The van der Waals surface area contributed by atoms with Gasteiger partial charge in [-0.25, -0.2) is 4.98 Å². The van der Waals surface area contributed by atoms with Crippen LogP contribution in [0.3, 0.4) is 0 Å². The number of hydrogen-bond acceptors (Lipinski definition) is 4. The Morgan fingerprint density at radius 3 is 2.17 bits per heavy atom. The highest BCUT2D eigenvalue weighted by atomic mass is 16.3. The number of fused-ring (bicyclic) bond motifs is 8. The van der Waals surface area contributed by atoms with Crippen molar-refractivity contribution in [2.45, 2.75) is 0 Å². The normalized spacial score (nSPS) is 11.9. The maximum atomic E-state index is 6.39. The maximum absolute atomic E-state index is 6.39. The van der Waals surface area contributed by atoms with E-state index in [1.165, 1.54) is 0 Å². The van der Waals surface area contributed by atoms with Gasteiger partial charge >= 0.3 is 0 Å². The highest BCUT2D eigenvalue weighted by molar-refractivity contribution is 6.23. The van der Waals surface area contributed by atoms with Gasteiger partial charge in [0.25, 0.3) is 0 Å². The van der Waals surface area contributed by atoms with Crippen molar-refractivity contribution in [2.24, 2.45) is 0 Å². The van der Waals surface area contributed by atoms with Gasteiger partial charge in [-0.05, 0) is 72.8 Å². The first-order valence-corrected chi connectivity index (χ1v) is 13.5. The van der Waals surface area contributed by atoms with Gasteiger partial charge in [-0.15, -0.1) is 0 Å². The van der Waals surface area contributed by atoms with E-state index in [0.29, 0.717) is 0 Å². The van der Waals surface area contributed by atoms with Crippen molar-refractivity contribution in [2.75, 3.05) is 0 Å². The van der Waals surface area contributed by atoms with E-state index < -0.39 is 0 Å². The average molecular weight is 528 g/mol. The van der Waals surface area contributed by atoms with Crippen LogP contribution in [0.5, 0.6) is 0 Å². The Bertz CT molecular complexity index is 2410. The molecule has 0 aliphatic heterocycles. The Morgan fingerprint density at radius 2 is 1.29 bits per heavy atom. The number of hydrogen-bond donors (Lipinski definition) is 0. The van der Waals surface area contributed by atoms with Crippen molar-refractivity contribution in [1.82, 2.24) is 24.1 Å². The molecule has 5 heterocycles. The monoisotopic (exact) mass is 527 g/mol. The lowest BCUT2D eigenvalue weighted by atomic mass is 10.1. The second-order valence-electron chi connectivity index (χ2n) is 10.2. The topological polar surface area (TPSA) is 61.7 Å². The molecular weight excluding hydrogens is 506 g/mol. The van der Waals surface area contributed by atoms with Gasteiger partial charge in [-0.3, -0.25) is 14.5 Å². The number of para-hydroxylation sites is 3. The van der Waals surface area contributed by atoms with E-state index in [-0.39, 0.29) is 0 Å². The van der Waals surface area contributed by atoms with Gasteiger partial charge in [0.15, 0.2) is 0 Å². The molecule has 0 aliphatic carbocycles. The molecule has 9 aromatic rings. The number of rotatable bonds is 3. The van der Waals surface area contributed by atoms with Gasteiger partial charge in [0.1, 0.15) is 17.0 Å². The summed E-state index contributed by atoms with van der Waals surface area (Å²) in [6, 6.07) is 35.6. The lowest BCUT2D eigenvalue weighted by Gasteiger charge is -2.11. The van der Waals surface area contributed by atoms with Crippen LogP contribution in [0, 0.1) is 0 Å². The molecule has 0 saturated carbocycles. The Labute approximate surface area is 233 Å². The molecule has 192 valence electrons. The van der Waals surface area contributed by atoms with Gasteiger partial charge in [-0.1, -0.05) is 30.3 Å². The SMILES string of the molecule is c1ccc(-n2c(-c3ccc(-n4c5ccncc5c5c6oc7ccncc7c6ccc54)cc3)nc3ccccc32)cc1. The van der Waals surface area contributed by atoms with E-state index in [1.807, 2.05) is 36.8 Å². The minimum absolute atomic E-state index is 0.831. The molecule has 5 aromatic heterocycles. The van der Waals surface area contributed by atoms with Crippen LogP contribution in [-0.2, 0) is 0 Å². The first kappa shape index (κ1) is 22.1. The van der Waals surface area contributed by atoms with Crippen molar-refractivity contribution in [3.05, 3.63) is 128 Å². The van der Waals surface area contributed by atoms with Crippen LogP contribution in [-0.4, -0.2) is 24.1 Å². The summed E-state index contributed by atoms with van der Waals surface area (Å²) in [5, 5.41) is 4.17. The number of benzene rings is 4. The summed E-state index contributed by atoms with van der Waals surface area (Å²) < 4.78 is 10.9. The van der Waals surface area contributed by atoms with Crippen molar-refractivity contribution in [1.29, 1.82) is 0 Å². The van der Waals surface area contributed by atoms with Gasteiger partial charge in [0.2, 0.25) is 0 Å². The van der Waals surface area contributed by atoms with Crippen molar-refractivity contribution >= 4 is 54.8 Å². The predicted molar refractivity (Wildman–Crippen MR) is 164 cm³/mol. The Morgan fingerprint density at radius 1 is 0.537 bits per heavy atom. The second kappa shape index (κ2) is 8.37. The molecule has 0 atom stereocenters. The quantitative estimate of drug-likeness (QED) is 0.231. The van der Waals surface area contributed by atoms with Crippen LogP contribution in [0.4, 0.5) is 0 Å². The molecule has 6 nitrogen and oxygen atoms in total. The van der Waals surface area contributed by atoms with Gasteiger partial charge < -0.3 is 8.98 Å². The Balaban J connectivity index is 1.26. The second-order valence-corrected chi connectivity index (χ2v) is 10.2. The molecule has 0 fully saturated rings. The number of furan rings is 1. The van der Waals surface area contributed by atoms with E-state index in [9.17, 15) is 0 Å². The van der Waals surface area contributed by atoms with Crippen LogP contribution in [0.25, 0.3) is 77.5 Å². The molecule has 0 radical (unpaired) electrons. The summed E-state index contributed by atoms with van der Waals surface area (Å²) >= 11 is 0. The summed E-state index contributed by atoms with van der Waals surface area (Å²) in [6.45, 7) is 0. The third kappa shape index (κ3) is 3.16. The molecule has 0 bridgehead atoms. The predicted octanol–water partition coefficient (Wildman–Crippen LogP) is 8.48. The Kier molecular flexibility index (Phi) is 4.51. The summed E-state index contributed by atoms with van der Waals surface area (Å²) in [5.41, 5.74) is 9.06. The third-order valence-electron chi connectivity index (χ3n) is 7.93. The highest BCUT2D eigenvalue weighted by Crippen LogP contribution is 2.40. The summed E-state index contributed by atoms with van der Waals surface area (Å²) in [6.07, 6.45) is 7.40. The standard InChI is InChI=1S/C35H21N5O/c1-2-6-23(7-3-1)40-30-9-5-4-8-28(30)38-35(40)22-10-12-24(13-11-22)39-29-16-18-36-21-27(29)33-31(39)15-14-25-26-20-37-19-17-32(26)41-34(25)33/h1-21H. The first-order chi connectivity index (χ1) is 20.3. The third-order valence-corrected chi connectivity index (χ3v) is 7.93. The lowest BCUT2D eigenvalue weighted by Crippen LogP contribution is -1.98. The summed E-state index contributed by atoms with van der Waals surface area (Å²) in [5.74, 6) is 0.910. The zero-order chi connectivity index (χ0) is 26.9. The highest BCUT2D eigenvalue weighted by Gasteiger charge is 2.19. The van der Waals surface area contributed by atoms with Crippen LogP contribution in [0.1, 0.15) is 0 Å². The molecule has 0 N–H and O–H groups in total. The smallest absolute Gasteiger partial charge is 0.145 e. The fraction of sp³-hybridized carbons (Fsp3) is 0. The van der Waals surface area contributed by atoms with Gasteiger partial charge in [0, 0.05) is 57.9 Å². The van der Waals surface area contributed by atoms with Crippen molar-refractivity contribution < 1.29 is 4.42 Å². The fourth-order valence-electron chi connectivity index (χ4n) is 6.12. The van der Waals surface area contributed by atoms with Crippen molar-refractivity contribution in [3.8, 4) is 22.8 Å². The molecule has 41 heavy (non-hydrogen) atoms. The molecular formula is C35H21N5O. The van der Waals surface area contributed by atoms with E-state index in [4.69, 9.17) is 9.40 Å². The molecule has 0 spiro atoms. The number of imidazole rings is 1. The minimum Gasteiger partial charge on any atom is -0.455 e. The molecule has 0 saturated heterocycles. The zero-order valence-corrected chi connectivity index (χ0v) is 21.8. The fourth-order valence-corrected chi connectivity index (χ4v) is 6.12. The number of aromatic nitrogens is 5. The van der Waals surface area contributed by atoms with Crippen LogP contribution in [0.2, 0.25) is 0 Å². The summed E-state index contributed by atoms with van der Waals surface area (Å²) in [7, 11) is 0. The Hall–Kier alpha value is -5.75. The maximum Gasteiger partial charge on any atom is 0.145 e. The van der Waals surface area contributed by atoms with Crippen LogP contribution in [0.15, 0.2) is 132 Å². The molecule has 9 rings (SSSR count). The lowest BCUT2D eigenvalue weighted by molar-refractivity contribution is 0.672. The zero-order valence-electron chi connectivity index (χ0n) is 21.8. The van der Waals surface area contributed by atoms with Crippen LogP contribution < -0.4 is 0 Å². The van der Waals surface area contributed by atoms with Gasteiger partial charge in [0.05, 0.1) is 27.5 Å². The van der Waals surface area contributed by atoms with E-state index in [1.54, 1.807) is 6.20 Å². The number of nitrogens with zero attached hydrogens (tertiary/aromatic N) is 5. The average Bonchev–Trinajstić information content (AvgIpc) is 3.71. The van der Waals surface area contributed by atoms with E-state index >= 15 is 0 Å². The van der Waals surface area contributed by atoms with Crippen LogP contribution >= 0.6 is 0 Å². The molecule has 6 heteroatoms. The number of pyridine rings is 2. The van der Waals surface area contributed by atoms with Crippen molar-refractivity contribution in [3.63, 3.8) is 0 Å². The molecule has 0 unspecified atom stereocenters. The van der Waals surface area contributed by atoms with E-state index in [2.05, 4.69) is 104 Å². The van der Waals surface area contributed by atoms with Gasteiger partial charge in [-0.2, -0.15) is 0 Å². The molecule has 4 aromatic carbocycles.